The molecule has 1 nitrogen and oxygen atoms in total. The van der Waals surface area contributed by atoms with Crippen LogP contribution in [0.5, 0.6) is 0 Å². The summed E-state index contributed by atoms with van der Waals surface area (Å²) in [4.78, 5) is 5.42. The average Bonchev–Trinajstić information content (AvgIpc) is 3.55. The molecule has 0 N–H and O–H groups in total. The van der Waals surface area contributed by atoms with Gasteiger partial charge >= 0.3 is 0 Å². The van der Waals surface area contributed by atoms with Crippen molar-refractivity contribution in [1.82, 2.24) is 4.98 Å². The second kappa shape index (κ2) is 18.3. The molecule has 0 bridgehead atoms. The van der Waals surface area contributed by atoms with Crippen molar-refractivity contribution in [1.29, 1.82) is 0 Å². The standard InChI is InChI=1S/C61H52N.Ir/c1-42-36-50(47-29-19-24-44(37-47)23-10-5-4-9-20-43-21-11-6-12-22-43)39-53(46-27-15-8-16-28-46)60(42)55-41-59(62-58-35-33-48(38-54(55)58)45-25-13-7-14-26-45)49-32-34-52-51-30-17-18-31-56(51)61(2,3)57(52)40-49;/h6-8,11-19,21-22,24-31,33-41H,4-5,9-10,20,23H2,1-3H3;/q-1;. The average molecular weight is 991 g/mol. The van der Waals surface area contributed by atoms with Crippen molar-refractivity contribution in [2.45, 2.75) is 64.7 Å². The summed E-state index contributed by atoms with van der Waals surface area (Å²) in [7, 11) is 0. The molecule has 1 heterocycles. The zero-order valence-corrected chi connectivity index (χ0v) is 38.8. The number of unbranched alkanes of at least 4 members (excludes halogenated alkanes) is 3. The fraction of sp³-hybridized carbons (Fsp3) is 0.164. The Hall–Kier alpha value is -6.18. The number of aryl methyl sites for hydroxylation is 3. The molecule has 2 heteroatoms. The molecule has 8 aromatic carbocycles. The second-order valence-corrected chi connectivity index (χ2v) is 17.7. The Labute approximate surface area is 387 Å². The molecule has 1 aliphatic rings. The van der Waals surface area contributed by atoms with E-state index >= 15 is 0 Å². The van der Waals surface area contributed by atoms with Gasteiger partial charge in [0.15, 0.2) is 0 Å². The summed E-state index contributed by atoms with van der Waals surface area (Å²) < 4.78 is 0. The van der Waals surface area contributed by atoms with Gasteiger partial charge in [-0.25, -0.2) is 0 Å². The van der Waals surface area contributed by atoms with Crippen molar-refractivity contribution in [3.8, 4) is 66.9 Å². The van der Waals surface area contributed by atoms with E-state index in [1.54, 1.807) is 0 Å². The Morgan fingerprint density at radius 2 is 1.10 bits per heavy atom. The van der Waals surface area contributed by atoms with E-state index in [-0.39, 0.29) is 25.5 Å². The van der Waals surface area contributed by atoms with Gasteiger partial charge in [-0.2, -0.15) is 0 Å². The molecule has 9 aromatic rings. The Kier molecular flexibility index (Phi) is 12.2. The van der Waals surface area contributed by atoms with E-state index < -0.39 is 0 Å². The van der Waals surface area contributed by atoms with Crippen LogP contribution in [0.1, 0.15) is 67.3 Å². The number of nitrogens with zero attached hydrogens (tertiary/aromatic N) is 1. The largest absolute Gasteiger partial charge is 0.296 e. The minimum absolute atomic E-state index is 0. The van der Waals surface area contributed by atoms with Crippen LogP contribution in [0.2, 0.25) is 0 Å². The van der Waals surface area contributed by atoms with Crippen LogP contribution >= 0.6 is 0 Å². The molecule has 0 atom stereocenters. The van der Waals surface area contributed by atoms with E-state index in [4.69, 9.17) is 4.98 Å². The van der Waals surface area contributed by atoms with Gasteiger partial charge in [-0.3, -0.25) is 4.98 Å². The first kappa shape index (κ1) is 42.1. The Balaban J connectivity index is 0.00000504. The Morgan fingerprint density at radius 1 is 0.460 bits per heavy atom. The fourth-order valence-corrected chi connectivity index (χ4v) is 9.89. The number of hydrogen-bond donors (Lipinski definition) is 0. The van der Waals surface area contributed by atoms with Crippen molar-refractivity contribution in [2.75, 3.05) is 0 Å². The van der Waals surface area contributed by atoms with Crippen molar-refractivity contribution >= 4 is 10.9 Å². The van der Waals surface area contributed by atoms with Crippen LogP contribution in [0, 0.1) is 13.0 Å². The molecule has 10 rings (SSSR count). The van der Waals surface area contributed by atoms with Gasteiger partial charge in [0.1, 0.15) is 0 Å². The Bertz CT molecular complexity index is 3040. The van der Waals surface area contributed by atoms with Crippen LogP contribution in [0.3, 0.4) is 0 Å². The first-order valence-electron chi connectivity index (χ1n) is 22.4. The number of rotatable bonds is 12. The van der Waals surface area contributed by atoms with Crippen molar-refractivity contribution in [3.63, 3.8) is 0 Å². The van der Waals surface area contributed by atoms with Gasteiger partial charge in [0.25, 0.3) is 0 Å². The van der Waals surface area contributed by atoms with E-state index in [0.29, 0.717) is 0 Å². The Morgan fingerprint density at radius 3 is 1.86 bits per heavy atom. The third kappa shape index (κ3) is 8.51. The molecule has 0 aliphatic heterocycles. The van der Waals surface area contributed by atoms with E-state index in [9.17, 15) is 0 Å². The molecular weight excluding hydrogens is 939 g/mol. The maximum Gasteiger partial charge on any atom is 0.0602 e. The van der Waals surface area contributed by atoms with Crippen LogP contribution < -0.4 is 0 Å². The second-order valence-electron chi connectivity index (χ2n) is 17.7. The van der Waals surface area contributed by atoms with Crippen LogP contribution in [0.4, 0.5) is 0 Å². The molecular formula is C61H52IrN-. The van der Waals surface area contributed by atoms with Gasteiger partial charge in [-0.1, -0.05) is 196 Å². The molecule has 0 spiro atoms. The maximum absolute atomic E-state index is 5.42. The number of pyridine rings is 1. The molecule has 1 radical (unpaired) electrons. The summed E-state index contributed by atoms with van der Waals surface area (Å²) in [6.45, 7) is 6.97. The summed E-state index contributed by atoms with van der Waals surface area (Å²) in [5.74, 6) is 0. The van der Waals surface area contributed by atoms with Gasteiger partial charge in [-0.15, -0.1) is 29.3 Å². The SMILES string of the molecule is Cc1cc(-c2cccc(CCCCCCc3ccccc3)c2)cc(-c2ccccc2)c1-c1cc(-c2[c-]cc3c(c2)C(C)(C)c2ccccc2-3)nc2ccc(-c3ccccc3)cc12.[Ir]. The number of aromatic nitrogens is 1. The number of benzene rings is 8. The summed E-state index contributed by atoms with van der Waals surface area (Å²) in [6, 6.07) is 72.7. The first-order valence-corrected chi connectivity index (χ1v) is 22.4. The van der Waals surface area contributed by atoms with E-state index in [2.05, 4.69) is 215 Å². The van der Waals surface area contributed by atoms with Gasteiger partial charge in [0.2, 0.25) is 0 Å². The van der Waals surface area contributed by atoms with E-state index in [1.165, 1.54) is 116 Å². The van der Waals surface area contributed by atoms with Crippen molar-refractivity contribution < 1.29 is 20.1 Å². The molecule has 311 valence electrons. The molecule has 63 heavy (non-hydrogen) atoms. The predicted octanol–water partition coefficient (Wildman–Crippen LogP) is 16.3. The maximum atomic E-state index is 5.42. The summed E-state index contributed by atoms with van der Waals surface area (Å²) in [5.41, 5.74) is 21.9. The third-order valence-corrected chi connectivity index (χ3v) is 13.2. The van der Waals surface area contributed by atoms with Gasteiger partial charge in [-0.05, 0) is 129 Å². The normalized spacial score (nSPS) is 12.4. The molecule has 0 saturated heterocycles. The van der Waals surface area contributed by atoms with Gasteiger partial charge in [0.05, 0.1) is 5.52 Å². The first-order chi connectivity index (χ1) is 30.4. The van der Waals surface area contributed by atoms with Crippen molar-refractivity contribution in [3.05, 3.63) is 222 Å². The molecule has 0 unspecified atom stereocenters. The van der Waals surface area contributed by atoms with E-state index in [1.807, 2.05) is 0 Å². The summed E-state index contributed by atoms with van der Waals surface area (Å²) in [5, 5.41) is 1.14. The minimum Gasteiger partial charge on any atom is -0.296 e. The summed E-state index contributed by atoms with van der Waals surface area (Å²) in [6.07, 6.45) is 7.25. The van der Waals surface area contributed by atoms with Crippen LogP contribution in [0.25, 0.3) is 77.8 Å². The van der Waals surface area contributed by atoms with Crippen LogP contribution in [0.15, 0.2) is 188 Å². The minimum atomic E-state index is -0.118. The van der Waals surface area contributed by atoms with Gasteiger partial charge < -0.3 is 0 Å². The molecule has 1 aliphatic carbocycles. The van der Waals surface area contributed by atoms with Gasteiger partial charge in [0, 0.05) is 25.5 Å². The van der Waals surface area contributed by atoms with E-state index in [0.717, 1.165) is 28.6 Å². The predicted molar refractivity (Wildman–Crippen MR) is 262 cm³/mol. The topological polar surface area (TPSA) is 12.9 Å². The zero-order valence-electron chi connectivity index (χ0n) is 36.4. The molecule has 0 saturated carbocycles. The quantitative estimate of drug-likeness (QED) is 0.0878. The monoisotopic (exact) mass is 991 g/mol. The molecule has 0 amide bonds. The number of hydrogen-bond acceptors (Lipinski definition) is 1. The summed E-state index contributed by atoms with van der Waals surface area (Å²) >= 11 is 0. The smallest absolute Gasteiger partial charge is 0.0602 e. The third-order valence-electron chi connectivity index (χ3n) is 13.2. The van der Waals surface area contributed by atoms with Crippen LogP contribution in [-0.2, 0) is 38.4 Å². The molecule has 1 aromatic heterocycles. The number of fused-ring (bicyclic) bond motifs is 4. The van der Waals surface area contributed by atoms with Crippen molar-refractivity contribution in [2.24, 2.45) is 0 Å². The molecule has 0 fully saturated rings. The zero-order chi connectivity index (χ0) is 42.0. The fourth-order valence-electron chi connectivity index (χ4n) is 9.89. The van der Waals surface area contributed by atoms with Crippen LogP contribution in [-0.4, -0.2) is 4.98 Å².